The Morgan fingerprint density at radius 3 is 2.50 bits per heavy atom. The maximum absolute atomic E-state index is 12.2. The molecule has 0 fully saturated rings. The van der Waals surface area contributed by atoms with Crippen molar-refractivity contribution in [1.82, 2.24) is 10.2 Å². The molecule has 2 amide bonds. The van der Waals surface area contributed by atoms with Crippen molar-refractivity contribution >= 4 is 24.0 Å². The maximum Gasteiger partial charge on any atom is 0.289 e. The first-order valence-corrected chi connectivity index (χ1v) is 8.32. The molecular weight excluding hydrogens is 328 g/mol. The third-order valence-corrected chi connectivity index (χ3v) is 4.18. The number of aliphatic hydroxyl groups excluding tert-OH is 1. The number of nitrogens with zero attached hydrogens (tertiary/aromatic N) is 1. The summed E-state index contributed by atoms with van der Waals surface area (Å²) in [5, 5.41) is 12.5. The van der Waals surface area contributed by atoms with Crippen molar-refractivity contribution in [3.05, 3.63) is 82.6 Å². The normalized spacial score (nSPS) is 14.3. The molecule has 0 saturated carbocycles. The molecule has 0 unspecified atom stereocenters. The molecule has 0 saturated heterocycles. The number of hydrogen-bond donors (Lipinski definition) is 2. The first kappa shape index (κ1) is 17.5. The average molecular weight is 348 g/mol. The van der Waals surface area contributed by atoms with Gasteiger partial charge in [0, 0.05) is 13.6 Å². The van der Waals surface area contributed by atoms with Crippen molar-refractivity contribution in [2.24, 2.45) is 0 Å². The lowest BCUT2D eigenvalue weighted by Crippen LogP contribution is -2.27. The molecule has 1 aliphatic rings. The number of hydrogen-bond acceptors (Lipinski definition) is 3. The highest BCUT2D eigenvalue weighted by atomic mass is 16.3. The van der Waals surface area contributed by atoms with Gasteiger partial charge in [-0.3, -0.25) is 9.59 Å². The van der Waals surface area contributed by atoms with Crippen LogP contribution >= 0.6 is 0 Å². The number of carbonyl (C=O) groups is 2. The smallest absolute Gasteiger partial charge is 0.289 e. The number of rotatable bonds is 5. The van der Waals surface area contributed by atoms with Gasteiger partial charge < -0.3 is 15.3 Å². The second kappa shape index (κ2) is 7.70. The Morgan fingerprint density at radius 2 is 1.81 bits per heavy atom. The van der Waals surface area contributed by atoms with Crippen LogP contribution in [0.2, 0.25) is 0 Å². The Kier molecular flexibility index (Phi) is 5.17. The van der Waals surface area contributed by atoms with Gasteiger partial charge in [0.05, 0.1) is 12.1 Å². The van der Waals surface area contributed by atoms with Crippen molar-refractivity contribution in [1.29, 1.82) is 0 Å². The predicted octanol–water partition coefficient (Wildman–Crippen LogP) is 2.76. The first-order chi connectivity index (χ1) is 12.5. The van der Waals surface area contributed by atoms with Gasteiger partial charge in [-0.2, -0.15) is 0 Å². The number of aliphatic hydroxyl groups is 1. The van der Waals surface area contributed by atoms with Crippen molar-refractivity contribution < 1.29 is 14.7 Å². The van der Waals surface area contributed by atoms with Crippen LogP contribution in [0.25, 0.3) is 12.2 Å². The van der Waals surface area contributed by atoms with Gasteiger partial charge in [0.25, 0.3) is 11.8 Å². The molecular formula is C21H20N2O3. The number of carbonyl (C=O) groups excluding carboxylic acids is 2. The maximum atomic E-state index is 12.2. The molecule has 2 aromatic rings. The molecule has 2 N–H and O–H groups in total. The lowest BCUT2D eigenvalue weighted by atomic mass is 10.1. The Balaban J connectivity index is 1.63. The van der Waals surface area contributed by atoms with Gasteiger partial charge in [-0.15, -0.1) is 0 Å². The van der Waals surface area contributed by atoms with Gasteiger partial charge in [-0.05, 0) is 22.8 Å². The fraction of sp³-hybridized carbons (Fsp3) is 0.143. The molecule has 132 valence electrons. The van der Waals surface area contributed by atoms with Crippen molar-refractivity contribution in [3.8, 4) is 0 Å². The van der Waals surface area contributed by atoms with E-state index in [1.54, 1.807) is 7.05 Å². The quantitative estimate of drug-likeness (QED) is 0.817. The third-order valence-electron chi connectivity index (χ3n) is 4.18. The zero-order valence-corrected chi connectivity index (χ0v) is 14.5. The van der Waals surface area contributed by atoms with E-state index in [4.69, 9.17) is 0 Å². The molecule has 0 radical (unpaired) electrons. The molecule has 0 aromatic heterocycles. The van der Waals surface area contributed by atoms with E-state index >= 15 is 0 Å². The molecule has 1 aliphatic heterocycles. The van der Waals surface area contributed by atoms with Crippen molar-refractivity contribution in [2.75, 3.05) is 13.6 Å². The summed E-state index contributed by atoms with van der Waals surface area (Å²) in [7, 11) is 1.54. The summed E-state index contributed by atoms with van der Waals surface area (Å²) >= 11 is 0. The topological polar surface area (TPSA) is 69.6 Å². The van der Waals surface area contributed by atoms with Crippen LogP contribution in [-0.2, 0) is 16.1 Å². The van der Waals surface area contributed by atoms with Gasteiger partial charge in [-0.1, -0.05) is 60.7 Å². The highest BCUT2D eigenvalue weighted by Gasteiger charge is 2.31. The molecule has 1 heterocycles. The van der Waals surface area contributed by atoms with Crippen LogP contribution in [0.3, 0.4) is 0 Å². The molecule has 0 bridgehead atoms. The van der Waals surface area contributed by atoms with E-state index in [1.165, 1.54) is 4.90 Å². The number of benzene rings is 2. The highest BCUT2D eigenvalue weighted by molar-refractivity contribution is 6.06. The second-order valence-corrected chi connectivity index (χ2v) is 6.16. The fourth-order valence-electron chi connectivity index (χ4n) is 2.73. The number of likely N-dealkylation sites (N-methyl/N-ethyl adjacent to an activating group) is 1. The summed E-state index contributed by atoms with van der Waals surface area (Å²) in [5.41, 5.74) is 3.19. The van der Waals surface area contributed by atoms with Crippen molar-refractivity contribution in [2.45, 2.75) is 6.54 Å². The number of nitrogens with one attached hydrogen (secondary N) is 1. The lowest BCUT2D eigenvalue weighted by molar-refractivity contribution is -0.126. The van der Waals surface area contributed by atoms with E-state index in [0.717, 1.165) is 16.7 Å². The SMILES string of the molecule is CN1CC(C(=O)NCc2cccc(C=Cc3ccccc3)c2)=C(O)C1=O. The van der Waals surface area contributed by atoms with Gasteiger partial charge in [0.15, 0.2) is 5.76 Å². The zero-order chi connectivity index (χ0) is 18.5. The zero-order valence-electron chi connectivity index (χ0n) is 14.5. The van der Waals surface area contributed by atoms with Gasteiger partial charge >= 0.3 is 0 Å². The Bertz CT molecular complexity index is 885. The number of amides is 2. The van der Waals surface area contributed by atoms with Crippen LogP contribution in [0.1, 0.15) is 16.7 Å². The summed E-state index contributed by atoms with van der Waals surface area (Å²) in [6.45, 7) is 0.441. The van der Waals surface area contributed by atoms with Crippen LogP contribution in [0.15, 0.2) is 65.9 Å². The average Bonchev–Trinajstić information content (AvgIpc) is 2.93. The Hall–Kier alpha value is -3.34. The van der Waals surface area contributed by atoms with Crippen LogP contribution in [-0.4, -0.2) is 35.4 Å². The summed E-state index contributed by atoms with van der Waals surface area (Å²) in [6, 6.07) is 17.8. The molecule has 0 atom stereocenters. The van der Waals surface area contributed by atoms with Crippen LogP contribution < -0.4 is 5.32 Å². The van der Waals surface area contributed by atoms with Crippen LogP contribution in [0.4, 0.5) is 0 Å². The van der Waals surface area contributed by atoms with Crippen LogP contribution in [0, 0.1) is 0 Å². The molecule has 3 rings (SSSR count). The third kappa shape index (κ3) is 4.00. The second-order valence-electron chi connectivity index (χ2n) is 6.16. The Labute approximate surface area is 152 Å². The standard InChI is InChI=1S/C21H20N2O3/c1-23-14-18(19(24)21(23)26)20(25)22-13-17-9-5-8-16(12-17)11-10-15-6-3-2-4-7-15/h2-12,24H,13-14H2,1H3,(H,22,25). The Morgan fingerprint density at radius 1 is 1.12 bits per heavy atom. The van der Waals surface area contributed by atoms with Crippen LogP contribution in [0.5, 0.6) is 0 Å². The first-order valence-electron chi connectivity index (χ1n) is 8.32. The van der Waals surface area contributed by atoms with Crippen molar-refractivity contribution in [3.63, 3.8) is 0 Å². The van der Waals surface area contributed by atoms with E-state index in [-0.39, 0.29) is 12.1 Å². The van der Waals surface area contributed by atoms with E-state index < -0.39 is 17.6 Å². The van der Waals surface area contributed by atoms with E-state index in [2.05, 4.69) is 5.32 Å². The van der Waals surface area contributed by atoms with Gasteiger partial charge in [0.2, 0.25) is 0 Å². The molecule has 0 aliphatic carbocycles. The molecule has 26 heavy (non-hydrogen) atoms. The highest BCUT2D eigenvalue weighted by Crippen LogP contribution is 2.16. The van der Waals surface area contributed by atoms with E-state index in [1.807, 2.05) is 66.7 Å². The minimum absolute atomic E-state index is 0.109. The summed E-state index contributed by atoms with van der Waals surface area (Å²) in [6.07, 6.45) is 4.04. The minimum Gasteiger partial charge on any atom is -0.503 e. The lowest BCUT2D eigenvalue weighted by Gasteiger charge is -2.08. The molecule has 5 heteroatoms. The summed E-state index contributed by atoms with van der Waals surface area (Å²) < 4.78 is 0. The molecule has 5 nitrogen and oxygen atoms in total. The minimum atomic E-state index is -0.525. The summed E-state index contributed by atoms with van der Waals surface area (Å²) in [5.74, 6) is -1.42. The fourth-order valence-corrected chi connectivity index (χ4v) is 2.73. The summed E-state index contributed by atoms with van der Waals surface area (Å²) in [4.78, 5) is 25.1. The van der Waals surface area contributed by atoms with E-state index in [0.29, 0.717) is 6.54 Å². The van der Waals surface area contributed by atoms with Gasteiger partial charge in [-0.25, -0.2) is 0 Å². The van der Waals surface area contributed by atoms with Gasteiger partial charge in [0.1, 0.15) is 0 Å². The largest absolute Gasteiger partial charge is 0.503 e. The predicted molar refractivity (Wildman–Crippen MR) is 101 cm³/mol. The molecule has 2 aromatic carbocycles. The monoisotopic (exact) mass is 348 g/mol. The molecule has 0 spiro atoms. The van der Waals surface area contributed by atoms with E-state index in [9.17, 15) is 14.7 Å².